The number of aromatic nitrogens is 2. The van der Waals surface area contributed by atoms with Gasteiger partial charge in [0.1, 0.15) is 16.2 Å². The zero-order valence-electron chi connectivity index (χ0n) is 16.2. The molecule has 0 aliphatic heterocycles. The minimum atomic E-state index is -0.227. The first kappa shape index (κ1) is 19.8. The summed E-state index contributed by atoms with van der Waals surface area (Å²) in [6.45, 7) is 0.571. The second-order valence-electron chi connectivity index (χ2n) is 6.62. The quantitative estimate of drug-likeness (QED) is 0.382. The number of halogens is 1. The van der Waals surface area contributed by atoms with Gasteiger partial charge in [-0.15, -0.1) is 0 Å². The van der Waals surface area contributed by atoms with Crippen LogP contribution in [-0.2, 0) is 6.54 Å². The maximum absolute atomic E-state index is 12.9. The number of rotatable bonds is 6. The highest BCUT2D eigenvalue weighted by molar-refractivity contribution is 9.10. The fraction of sp³-hybridized carbons (Fsp3) is 0.0870. The van der Waals surface area contributed by atoms with Crippen molar-refractivity contribution >= 4 is 44.1 Å². The Hall–Kier alpha value is -3.45. The minimum absolute atomic E-state index is 0.227. The molecule has 0 atom stereocenters. The molecule has 2 aromatic heterocycles. The molecule has 0 fully saturated rings. The Bertz CT molecular complexity index is 1210. The molecule has 0 radical (unpaired) electrons. The molecule has 0 saturated carbocycles. The van der Waals surface area contributed by atoms with Crippen molar-refractivity contribution in [3.63, 3.8) is 0 Å². The number of para-hydroxylation sites is 1. The second-order valence-corrected chi connectivity index (χ2v) is 7.44. The van der Waals surface area contributed by atoms with Gasteiger partial charge in [0.2, 0.25) is 0 Å². The Balaban J connectivity index is 1.51. The number of ether oxygens (including phenoxy) is 1. The molecule has 0 spiro atoms. The highest BCUT2D eigenvalue weighted by atomic mass is 79.9. The third-order valence-electron chi connectivity index (χ3n) is 4.62. The van der Waals surface area contributed by atoms with E-state index < -0.39 is 0 Å². The van der Waals surface area contributed by atoms with Crippen LogP contribution in [0.1, 0.15) is 15.9 Å². The molecule has 2 N–H and O–H groups in total. The summed E-state index contributed by atoms with van der Waals surface area (Å²) in [5, 5.41) is 8.12. The predicted octanol–water partition coefficient (Wildman–Crippen LogP) is 5.27. The maximum atomic E-state index is 12.9. The van der Waals surface area contributed by atoms with Crippen LogP contribution in [0.3, 0.4) is 0 Å². The van der Waals surface area contributed by atoms with E-state index in [0.29, 0.717) is 17.9 Å². The molecule has 1 amide bonds. The summed E-state index contributed by atoms with van der Waals surface area (Å²) < 4.78 is 6.01. The molecule has 6 nitrogen and oxygen atoms in total. The molecule has 7 heteroatoms. The number of anilines is 2. The molecule has 0 aliphatic rings. The number of hydrogen-bond donors (Lipinski definition) is 2. The maximum Gasteiger partial charge on any atom is 0.258 e. The highest BCUT2D eigenvalue weighted by Crippen LogP contribution is 2.23. The van der Waals surface area contributed by atoms with Crippen molar-refractivity contribution in [3.05, 3.63) is 88.8 Å². The first-order chi connectivity index (χ1) is 14.6. The standard InChI is InChI=1S/C23H19BrN4O2/c1-30-18-7-6-16-12-22(27-14-17(16)11-18)28-23(29)19-4-2-3-5-20(19)26-13-15-8-9-25-21(24)10-15/h2-12,14,26H,13H2,1H3,(H,27,28,29). The number of nitrogens with zero attached hydrogens (tertiary/aromatic N) is 2. The molecule has 0 bridgehead atoms. The van der Waals surface area contributed by atoms with Crippen LogP contribution in [0.15, 0.2) is 77.7 Å². The Kier molecular flexibility index (Phi) is 5.90. The van der Waals surface area contributed by atoms with E-state index in [4.69, 9.17) is 4.74 Å². The Morgan fingerprint density at radius 1 is 1.03 bits per heavy atom. The lowest BCUT2D eigenvalue weighted by Gasteiger charge is -2.12. The van der Waals surface area contributed by atoms with E-state index in [2.05, 4.69) is 36.5 Å². The number of methoxy groups -OCH3 is 1. The lowest BCUT2D eigenvalue weighted by Crippen LogP contribution is -2.15. The van der Waals surface area contributed by atoms with E-state index in [9.17, 15) is 4.79 Å². The summed E-state index contributed by atoms with van der Waals surface area (Å²) >= 11 is 3.37. The molecule has 2 aromatic carbocycles. The van der Waals surface area contributed by atoms with Gasteiger partial charge in [0.25, 0.3) is 5.91 Å². The smallest absolute Gasteiger partial charge is 0.258 e. The topological polar surface area (TPSA) is 76.1 Å². The number of nitrogens with one attached hydrogen (secondary N) is 2. The molecule has 4 aromatic rings. The number of carbonyl (C=O) groups excluding carboxylic acids is 1. The van der Waals surface area contributed by atoms with E-state index in [1.165, 1.54) is 0 Å². The summed E-state index contributed by atoms with van der Waals surface area (Å²) in [7, 11) is 1.63. The van der Waals surface area contributed by atoms with E-state index in [1.54, 1.807) is 25.6 Å². The summed E-state index contributed by atoms with van der Waals surface area (Å²) in [4.78, 5) is 21.4. The van der Waals surface area contributed by atoms with E-state index in [-0.39, 0.29) is 5.91 Å². The van der Waals surface area contributed by atoms with Crippen LogP contribution in [0.5, 0.6) is 5.75 Å². The zero-order valence-corrected chi connectivity index (χ0v) is 17.8. The average molecular weight is 463 g/mol. The van der Waals surface area contributed by atoms with Crippen LogP contribution in [0.25, 0.3) is 10.8 Å². The summed E-state index contributed by atoms with van der Waals surface area (Å²) in [5.41, 5.74) is 2.34. The molecule has 30 heavy (non-hydrogen) atoms. The van der Waals surface area contributed by atoms with Gasteiger partial charge in [0.05, 0.1) is 12.7 Å². The van der Waals surface area contributed by atoms with Crippen molar-refractivity contribution in [2.24, 2.45) is 0 Å². The van der Waals surface area contributed by atoms with Gasteiger partial charge in [-0.1, -0.05) is 18.2 Å². The number of pyridine rings is 2. The molecule has 0 saturated heterocycles. The summed E-state index contributed by atoms with van der Waals surface area (Å²) in [6.07, 6.45) is 3.46. The summed E-state index contributed by atoms with van der Waals surface area (Å²) in [5.74, 6) is 1.03. The Labute approximate surface area is 182 Å². The van der Waals surface area contributed by atoms with E-state index in [1.807, 2.05) is 54.6 Å². The molecule has 0 unspecified atom stereocenters. The third-order valence-corrected chi connectivity index (χ3v) is 5.05. The van der Waals surface area contributed by atoms with Gasteiger partial charge in [-0.25, -0.2) is 9.97 Å². The van der Waals surface area contributed by atoms with Gasteiger partial charge in [0, 0.05) is 30.0 Å². The van der Waals surface area contributed by atoms with Crippen molar-refractivity contribution in [2.75, 3.05) is 17.7 Å². The summed E-state index contributed by atoms with van der Waals surface area (Å²) in [6, 6.07) is 18.8. The predicted molar refractivity (Wildman–Crippen MR) is 122 cm³/mol. The van der Waals surface area contributed by atoms with Crippen LogP contribution >= 0.6 is 15.9 Å². The number of hydrogen-bond acceptors (Lipinski definition) is 5. The van der Waals surface area contributed by atoms with E-state index >= 15 is 0 Å². The minimum Gasteiger partial charge on any atom is -0.497 e. The Morgan fingerprint density at radius 3 is 2.73 bits per heavy atom. The highest BCUT2D eigenvalue weighted by Gasteiger charge is 2.12. The lowest BCUT2D eigenvalue weighted by atomic mass is 10.1. The van der Waals surface area contributed by atoms with Gasteiger partial charge in [-0.2, -0.15) is 0 Å². The number of benzene rings is 2. The van der Waals surface area contributed by atoms with Gasteiger partial charge in [-0.05, 0) is 69.3 Å². The van der Waals surface area contributed by atoms with Crippen molar-refractivity contribution in [1.29, 1.82) is 0 Å². The van der Waals surface area contributed by atoms with E-state index in [0.717, 1.165) is 32.4 Å². The van der Waals surface area contributed by atoms with Crippen molar-refractivity contribution in [1.82, 2.24) is 9.97 Å². The van der Waals surface area contributed by atoms with Crippen LogP contribution in [0, 0.1) is 0 Å². The normalized spacial score (nSPS) is 10.6. The fourth-order valence-corrected chi connectivity index (χ4v) is 3.50. The largest absolute Gasteiger partial charge is 0.497 e. The number of carbonyl (C=O) groups is 1. The molecule has 2 heterocycles. The second kappa shape index (κ2) is 8.92. The van der Waals surface area contributed by atoms with Crippen LogP contribution in [0.4, 0.5) is 11.5 Å². The van der Waals surface area contributed by atoms with Gasteiger partial charge >= 0.3 is 0 Å². The fourth-order valence-electron chi connectivity index (χ4n) is 3.08. The molecule has 150 valence electrons. The lowest BCUT2D eigenvalue weighted by molar-refractivity contribution is 0.102. The molecule has 4 rings (SSSR count). The van der Waals surface area contributed by atoms with Gasteiger partial charge in [0.15, 0.2) is 0 Å². The van der Waals surface area contributed by atoms with Crippen LogP contribution in [0.2, 0.25) is 0 Å². The van der Waals surface area contributed by atoms with Crippen molar-refractivity contribution < 1.29 is 9.53 Å². The molecular weight excluding hydrogens is 444 g/mol. The van der Waals surface area contributed by atoms with Crippen LogP contribution < -0.4 is 15.4 Å². The number of amides is 1. The van der Waals surface area contributed by atoms with Crippen molar-refractivity contribution in [2.45, 2.75) is 6.54 Å². The SMILES string of the molecule is COc1ccc2cc(NC(=O)c3ccccc3NCc3ccnc(Br)c3)ncc2c1. The monoisotopic (exact) mass is 462 g/mol. The first-order valence-electron chi connectivity index (χ1n) is 9.31. The van der Waals surface area contributed by atoms with Gasteiger partial charge in [-0.3, -0.25) is 4.79 Å². The van der Waals surface area contributed by atoms with Crippen LogP contribution in [-0.4, -0.2) is 23.0 Å². The first-order valence-corrected chi connectivity index (χ1v) is 10.1. The molecule has 0 aliphatic carbocycles. The third kappa shape index (κ3) is 4.58. The Morgan fingerprint density at radius 2 is 1.90 bits per heavy atom. The average Bonchev–Trinajstić information content (AvgIpc) is 2.77. The van der Waals surface area contributed by atoms with Crippen molar-refractivity contribution in [3.8, 4) is 5.75 Å². The van der Waals surface area contributed by atoms with Gasteiger partial charge < -0.3 is 15.4 Å². The number of fused-ring (bicyclic) bond motifs is 1. The molecular formula is C23H19BrN4O2. The zero-order chi connectivity index (χ0) is 20.9.